The number of halogens is 2. The van der Waals surface area contributed by atoms with Crippen LogP contribution in [0.4, 0.5) is 8.78 Å². The molecule has 1 aliphatic rings. The van der Waals surface area contributed by atoms with Gasteiger partial charge in [-0.2, -0.15) is 13.7 Å². The summed E-state index contributed by atoms with van der Waals surface area (Å²) in [4.78, 5) is 12.9. The molecule has 114 valence electrons. The molecule has 0 aromatic heterocycles. The number of aliphatic hydroxyl groups excluding tert-OH is 3. The predicted molar refractivity (Wildman–Crippen MR) is 55.7 cm³/mol. The van der Waals surface area contributed by atoms with Crippen molar-refractivity contribution < 1.29 is 38.4 Å². The van der Waals surface area contributed by atoms with E-state index in [1.54, 1.807) is 0 Å². The molecule has 4 N–H and O–H groups in total. The second-order valence-electron chi connectivity index (χ2n) is 3.92. The van der Waals surface area contributed by atoms with Gasteiger partial charge < -0.3 is 20.1 Å². The predicted octanol–water partition coefficient (Wildman–Crippen LogP) is -1.23. The number of hydrogen-bond acceptors (Lipinski definition) is 7. The van der Waals surface area contributed by atoms with Crippen molar-refractivity contribution in [3.63, 3.8) is 0 Å². The van der Waals surface area contributed by atoms with Crippen molar-refractivity contribution in [3.8, 4) is 0 Å². The molecule has 1 unspecified atom stereocenters. The number of rotatable bonds is 4. The van der Waals surface area contributed by atoms with Crippen LogP contribution >= 0.6 is 0 Å². The van der Waals surface area contributed by atoms with E-state index in [1.165, 1.54) is 5.43 Å². The number of carbonyl (C=O) groups is 1. The highest BCUT2D eigenvalue weighted by atomic mass is 19.2. The first-order valence-corrected chi connectivity index (χ1v) is 5.25. The molecule has 0 spiro atoms. The molecule has 1 fully saturated rings. The Morgan fingerprint density at radius 3 is 2.65 bits per heavy atom. The third-order valence-corrected chi connectivity index (χ3v) is 2.56. The fourth-order valence-corrected chi connectivity index (χ4v) is 1.62. The molecule has 12 heteroatoms. The summed E-state index contributed by atoms with van der Waals surface area (Å²) in [6, 6.07) is -3.93. The number of nitrogens with one attached hydrogen (secondary N) is 1. The number of ether oxygens (including phenoxy) is 2. The molecule has 0 radical (unpaired) electrons. The van der Waals surface area contributed by atoms with E-state index in [0.717, 1.165) is 6.92 Å². The Balaban J connectivity index is 3.24. The summed E-state index contributed by atoms with van der Waals surface area (Å²) in [5.41, 5.74) is 9.33. The fraction of sp³-hybridized carbons (Fsp3) is 0.875. The maximum atomic E-state index is 14.5. The van der Waals surface area contributed by atoms with Gasteiger partial charge in [0.05, 0.1) is 6.61 Å². The number of azide groups is 1. The SMILES string of the molecule is CC(=O)OC1(F)O[C@H](CO)[C@H](O)[C@H](O)[C@@]1(F)NN=[N+]=[N-]. The van der Waals surface area contributed by atoms with E-state index in [0.29, 0.717) is 0 Å². The summed E-state index contributed by atoms with van der Waals surface area (Å²) in [7, 11) is 0. The zero-order chi connectivity index (χ0) is 15.6. The molecule has 20 heavy (non-hydrogen) atoms. The molecular weight excluding hydrogens is 286 g/mol. The smallest absolute Gasteiger partial charge is 0.399 e. The van der Waals surface area contributed by atoms with E-state index in [1.807, 2.05) is 0 Å². The van der Waals surface area contributed by atoms with Gasteiger partial charge in [0.15, 0.2) is 6.10 Å². The summed E-state index contributed by atoms with van der Waals surface area (Å²) in [6.45, 7) is -0.271. The third kappa shape index (κ3) is 2.59. The van der Waals surface area contributed by atoms with Crippen LogP contribution < -0.4 is 5.43 Å². The van der Waals surface area contributed by atoms with E-state index < -0.39 is 42.7 Å². The first kappa shape index (κ1) is 16.3. The fourth-order valence-electron chi connectivity index (χ4n) is 1.62. The van der Waals surface area contributed by atoms with Crippen LogP contribution in [-0.4, -0.2) is 58.0 Å². The Morgan fingerprint density at radius 1 is 1.60 bits per heavy atom. The Morgan fingerprint density at radius 2 is 2.20 bits per heavy atom. The Kier molecular flexibility index (Phi) is 4.68. The second-order valence-corrected chi connectivity index (χ2v) is 3.92. The van der Waals surface area contributed by atoms with E-state index in [9.17, 15) is 23.8 Å². The lowest BCUT2D eigenvalue weighted by Gasteiger charge is -2.45. The average molecular weight is 298 g/mol. The highest BCUT2D eigenvalue weighted by molar-refractivity contribution is 5.66. The standard InChI is InChI=1S/C8H12F2N4O6/c1-3(16)19-8(10)7(9,12-14-13-11)6(18)5(17)4(2-15)20-8/h4-6,12,15,17-18H,2H2,1H3/t4-,5+,6+,7-,8?/m1/s1. The molecule has 0 aromatic rings. The Labute approximate surface area is 110 Å². The van der Waals surface area contributed by atoms with Crippen molar-refractivity contribution in [2.75, 3.05) is 6.61 Å². The first-order valence-electron chi connectivity index (χ1n) is 5.25. The quantitative estimate of drug-likeness (QED) is 0.126. The number of alkyl halides is 2. The van der Waals surface area contributed by atoms with Crippen LogP contribution in [0.1, 0.15) is 6.92 Å². The highest BCUT2D eigenvalue weighted by Crippen LogP contribution is 2.41. The topological polar surface area (TPSA) is 157 Å². The van der Waals surface area contributed by atoms with Crippen molar-refractivity contribution in [2.24, 2.45) is 5.22 Å². The monoisotopic (exact) mass is 298 g/mol. The number of hydrogen-bond donors (Lipinski definition) is 4. The normalized spacial score (nSPS) is 40.6. The third-order valence-electron chi connectivity index (χ3n) is 2.56. The van der Waals surface area contributed by atoms with Crippen LogP contribution in [0.5, 0.6) is 0 Å². The van der Waals surface area contributed by atoms with Crippen molar-refractivity contribution in [1.29, 1.82) is 0 Å². The highest BCUT2D eigenvalue weighted by Gasteiger charge is 2.73. The molecule has 0 aromatic carbocycles. The van der Waals surface area contributed by atoms with E-state index in [-0.39, 0.29) is 0 Å². The van der Waals surface area contributed by atoms with Crippen molar-refractivity contribution >= 4 is 5.97 Å². The lowest BCUT2D eigenvalue weighted by molar-refractivity contribution is -0.430. The molecule has 1 heterocycles. The summed E-state index contributed by atoms with van der Waals surface area (Å²) >= 11 is 0. The van der Waals surface area contributed by atoms with Crippen molar-refractivity contribution in [3.05, 3.63) is 10.4 Å². The number of esters is 1. The Hall–Kier alpha value is -1.72. The zero-order valence-corrected chi connectivity index (χ0v) is 10.1. The Bertz CT molecular complexity index is 435. The van der Waals surface area contributed by atoms with Crippen LogP contribution in [-0.2, 0) is 14.3 Å². The minimum atomic E-state index is -3.93. The summed E-state index contributed by atoms with van der Waals surface area (Å²) in [6.07, 6.45) is -6.42. The van der Waals surface area contributed by atoms with Gasteiger partial charge in [-0.25, -0.2) is 5.43 Å². The van der Waals surface area contributed by atoms with Gasteiger partial charge in [-0.15, -0.1) is 5.53 Å². The lowest BCUT2D eigenvalue weighted by Crippen LogP contribution is -2.74. The number of carbonyl (C=O) groups excluding carboxylic acids is 1. The minimum absolute atomic E-state index is 0.726. The van der Waals surface area contributed by atoms with Gasteiger partial charge in [-0.1, -0.05) is 0 Å². The van der Waals surface area contributed by atoms with Gasteiger partial charge in [0.2, 0.25) is 0 Å². The van der Waals surface area contributed by atoms with Crippen LogP contribution in [0.25, 0.3) is 10.4 Å². The molecule has 0 amide bonds. The van der Waals surface area contributed by atoms with Gasteiger partial charge >= 0.3 is 17.8 Å². The first-order chi connectivity index (χ1) is 9.21. The van der Waals surface area contributed by atoms with Crippen LogP contribution in [0.15, 0.2) is 5.22 Å². The van der Waals surface area contributed by atoms with Crippen molar-refractivity contribution in [2.45, 2.75) is 37.1 Å². The van der Waals surface area contributed by atoms with E-state index in [2.05, 4.69) is 19.6 Å². The summed E-state index contributed by atoms with van der Waals surface area (Å²) < 4.78 is 37.2. The van der Waals surface area contributed by atoms with Crippen LogP contribution in [0.2, 0.25) is 0 Å². The maximum Gasteiger partial charge on any atom is 0.445 e. The molecule has 0 aliphatic carbocycles. The van der Waals surface area contributed by atoms with E-state index in [4.69, 9.17) is 10.6 Å². The van der Waals surface area contributed by atoms with Gasteiger partial charge in [0, 0.05) is 6.92 Å². The maximum absolute atomic E-state index is 14.5. The lowest BCUT2D eigenvalue weighted by atomic mass is 9.94. The van der Waals surface area contributed by atoms with Gasteiger partial charge in [-0.3, -0.25) is 9.53 Å². The van der Waals surface area contributed by atoms with Gasteiger partial charge in [0.1, 0.15) is 12.2 Å². The molecule has 1 saturated heterocycles. The second kappa shape index (κ2) is 5.73. The minimum Gasteiger partial charge on any atom is -0.399 e. The number of nitrogens with zero attached hydrogens (tertiary/aromatic N) is 3. The zero-order valence-electron chi connectivity index (χ0n) is 10.1. The molecule has 1 rings (SSSR count). The average Bonchev–Trinajstić information content (AvgIpc) is 2.38. The summed E-state index contributed by atoms with van der Waals surface area (Å²) in [5, 5.41) is 30.4. The van der Waals surface area contributed by atoms with Crippen LogP contribution in [0.3, 0.4) is 0 Å². The summed E-state index contributed by atoms with van der Waals surface area (Å²) in [5.74, 6) is -5.10. The molecular formula is C8H12F2N4O6. The van der Waals surface area contributed by atoms with Crippen LogP contribution in [0, 0.1) is 0 Å². The largest absolute Gasteiger partial charge is 0.445 e. The molecule has 0 saturated carbocycles. The molecule has 1 aliphatic heterocycles. The van der Waals surface area contributed by atoms with Gasteiger partial charge in [0.25, 0.3) is 0 Å². The van der Waals surface area contributed by atoms with E-state index >= 15 is 0 Å². The molecule has 5 atom stereocenters. The molecule has 10 nitrogen and oxygen atoms in total. The molecule has 0 bridgehead atoms. The number of aliphatic hydroxyl groups is 3. The van der Waals surface area contributed by atoms with Crippen molar-refractivity contribution in [1.82, 2.24) is 5.43 Å². The van der Waals surface area contributed by atoms with Gasteiger partial charge in [-0.05, 0) is 5.22 Å².